The fourth-order valence-corrected chi connectivity index (χ4v) is 3.70. The van der Waals surface area contributed by atoms with Crippen LogP contribution >= 0.6 is 0 Å². The van der Waals surface area contributed by atoms with Crippen molar-refractivity contribution >= 4 is 17.5 Å². The van der Waals surface area contributed by atoms with Gasteiger partial charge in [-0.25, -0.2) is 4.39 Å². The molecule has 0 aliphatic rings. The number of halogens is 1. The zero-order chi connectivity index (χ0) is 24.7. The van der Waals surface area contributed by atoms with E-state index in [1.165, 1.54) is 23.1 Å². The fraction of sp³-hybridized carbons (Fsp3) is 0.250. The van der Waals surface area contributed by atoms with E-state index in [4.69, 9.17) is 0 Å². The first kappa shape index (κ1) is 24.8. The Morgan fingerprint density at radius 3 is 2.44 bits per heavy atom. The number of hydrogen-bond donors (Lipinski definition) is 1. The lowest BCUT2D eigenvalue weighted by Gasteiger charge is -2.31. The van der Waals surface area contributed by atoms with Crippen molar-refractivity contribution in [2.45, 2.75) is 38.6 Å². The second-order valence-electron chi connectivity index (χ2n) is 9.07. The minimum absolute atomic E-state index is 0.0527. The van der Waals surface area contributed by atoms with Crippen LogP contribution in [0.2, 0.25) is 0 Å². The van der Waals surface area contributed by atoms with Crippen LogP contribution in [0.3, 0.4) is 0 Å². The van der Waals surface area contributed by atoms with Crippen LogP contribution in [0.25, 0.3) is 0 Å². The van der Waals surface area contributed by atoms with Crippen LogP contribution in [-0.2, 0) is 21.4 Å². The van der Waals surface area contributed by atoms with Gasteiger partial charge in [-0.3, -0.25) is 19.5 Å². The first-order chi connectivity index (χ1) is 16.2. The van der Waals surface area contributed by atoms with E-state index in [0.717, 1.165) is 11.1 Å². The number of aromatic nitrogens is 1. The van der Waals surface area contributed by atoms with E-state index in [1.807, 2.05) is 24.3 Å². The Balaban J connectivity index is 1.92. The van der Waals surface area contributed by atoms with Crippen molar-refractivity contribution in [3.63, 3.8) is 0 Å². The minimum atomic E-state index is -0.952. The third-order valence-corrected chi connectivity index (χ3v) is 5.53. The van der Waals surface area contributed by atoms with Gasteiger partial charge in [-0.1, -0.05) is 57.7 Å². The Kier molecular flexibility index (Phi) is 7.95. The van der Waals surface area contributed by atoms with Crippen molar-refractivity contribution in [1.29, 1.82) is 0 Å². The summed E-state index contributed by atoms with van der Waals surface area (Å²) < 4.78 is 13.5. The molecule has 5 nitrogen and oxygen atoms in total. The number of anilines is 1. The summed E-state index contributed by atoms with van der Waals surface area (Å²) in [5.41, 5.74) is 2.98. The second kappa shape index (κ2) is 10.9. The average molecular weight is 460 g/mol. The highest BCUT2D eigenvalue weighted by molar-refractivity contribution is 6.06. The summed E-state index contributed by atoms with van der Waals surface area (Å²) in [6.07, 6.45) is 4.84. The smallest absolute Gasteiger partial charge is 0.251 e. The van der Waals surface area contributed by atoms with Gasteiger partial charge in [0.2, 0.25) is 5.91 Å². The Bertz CT molecular complexity index is 1140. The number of pyridine rings is 1. The van der Waals surface area contributed by atoms with Crippen LogP contribution in [0.15, 0.2) is 85.7 Å². The molecule has 0 spiro atoms. The Labute approximate surface area is 200 Å². The standard InChI is InChI=1S/C28H30FN3O2/c1-5-25(33)32(24-13-11-22(12-14-24)28(2,3)4)26(21-9-7-16-30-19-21)27(34)31-17-15-20-8-6-10-23(29)18-20/h5-14,16,18-19,26H,1,15,17H2,2-4H3,(H,31,34). The highest BCUT2D eigenvalue weighted by Gasteiger charge is 2.32. The highest BCUT2D eigenvalue weighted by Crippen LogP contribution is 2.30. The zero-order valence-corrected chi connectivity index (χ0v) is 19.8. The molecule has 34 heavy (non-hydrogen) atoms. The lowest BCUT2D eigenvalue weighted by Crippen LogP contribution is -2.44. The molecule has 6 heteroatoms. The molecule has 1 N–H and O–H groups in total. The molecule has 3 aromatic rings. The van der Waals surface area contributed by atoms with Crippen LogP contribution in [0.4, 0.5) is 10.1 Å². The Morgan fingerprint density at radius 2 is 1.85 bits per heavy atom. The summed E-state index contributed by atoms with van der Waals surface area (Å²) in [6.45, 7) is 10.3. The van der Waals surface area contributed by atoms with E-state index in [-0.39, 0.29) is 23.7 Å². The molecule has 176 valence electrons. The number of benzene rings is 2. The van der Waals surface area contributed by atoms with Crippen molar-refractivity contribution < 1.29 is 14.0 Å². The van der Waals surface area contributed by atoms with Gasteiger partial charge in [0.25, 0.3) is 5.91 Å². The maximum Gasteiger partial charge on any atom is 0.251 e. The normalized spacial score (nSPS) is 12.0. The van der Waals surface area contributed by atoms with E-state index in [0.29, 0.717) is 17.7 Å². The van der Waals surface area contributed by atoms with Gasteiger partial charge in [0.1, 0.15) is 11.9 Å². The third kappa shape index (κ3) is 6.16. The molecular formula is C28H30FN3O2. The van der Waals surface area contributed by atoms with Gasteiger partial charge in [0.15, 0.2) is 0 Å². The fourth-order valence-electron chi connectivity index (χ4n) is 3.70. The summed E-state index contributed by atoms with van der Waals surface area (Å²) in [6, 6.07) is 16.4. The predicted molar refractivity (Wildman–Crippen MR) is 133 cm³/mol. The lowest BCUT2D eigenvalue weighted by molar-refractivity contribution is -0.125. The molecule has 0 fully saturated rings. The van der Waals surface area contributed by atoms with Crippen LogP contribution in [0.5, 0.6) is 0 Å². The number of carbonyl (C=O) groups excluding carboxylic acids is 2. The van der Waals surface area contributed by atoms with E-state index < -0.39 is 11.9 Å². The van der Waals surface area contributed by atoms with Crippen LogP contribution in [-0.4, -0.2) is 23.3 Å². The maximum absolute atomic E-state index is 13.5. The number of nitrogens with zero attached hydrogens (tertiary/aromatic N) is 2. The second-order valence-corrected chi connectivity index (χ2v) is 9.07. The topological polar surface area (TPSA) is 62.3 Å². The molecule has 0 radical (unpaired) electrons. The Hall–Kier alpha value is -3.80. The SMILES string of the molecule is C=CC(=O)N(c1ccc(C(C)(C)C)cc1)C(C(=O)NCCc1cccc(F)c1)c1cccnc1. The van der Waals surface area contributed by atoms with Crippen molar-refractivity contribution in [2.24, 2.45) is 0 Å². The molecule has 0 saturated carbocycles. The van der Waals surface area contributed by atoms with Gasteiger partial charge in [-0.2, -0.15) is 0 Å². The molecule has 1 heterocycles. The van der Waals surface area contributed by atoms with E-state index in [2.05, 4.69) is 37.7 Å². The van der Waals surface area contributed by atoms with Gasteiger partial charge in [-0.05, 0) is 59.4 Å². The average Bonchev–Trinajstić information content (AvgIpc) is 2.82. The number of carbonyl (C=O) groups is 2. The monoisotopic (exact) mass is 459 g/mol. The van der Waals surface area contributed by atoms with Crippen LogP contribution in [0, 0.1) is 5.82 Å². The summed E-state index contributed by atoms with van der Waals surface area (Å²) in [5, 5.41) is 2.90. The maximum atomic E-state index is 13.5. The Morgan fingerprint density at radius 1 is 1.12 bits per heavy atom. The first-order valence-corrected chi connectivity index (χ1v) is 11.2. The number of amides is 2. The van der Waals surface area contributed by atoms with Crippen LogP contribution in [0.1, 0.15) is 43.5 Å². The van der Waals surface area contributed by atoms with Gasteiger partial charge >= 0.3 is 0 Å². The summed E-state index contributed by atoms with van der Waals surface area (Å²) in [5.74, 6) is -1.09. The molecule has 0 bridgehead atoms. The largest absolute Gasteiger partial charge is 0.354 e. The molecule has 3 rings (SSSR count). The zero-order valence-electron chi connectivity index (χ0n) is 19.8. The lowest BCUT2D eigenvalue weighted by atomic mass is 9.87. The molecule has 2 amide bonds. The summed E-state index contributed by atoms with van der Waals surface area (Å²) >= 11 is 0. The molecule has 1 aromatic heterocycles. The van der Waals surface area contributed by atoms with Gasteiger partial charge in [-0.15, -0.1) is 0 Å². The van der Waals surface area contributed by atoms with Crippen molar-refractivity contribution in [3.05, 3.63) is 108 Å². The highest BCUT2D eigenvalue weighted by atomic mass is 19.1. The van der Waals surface area contributed by atoms with Crippen LogP contribution < -0.4 is 10.2 Å². The molecule has 0 saturated heterocycles. The van der Waals surface area contributed by atoms with Gasteiger partial charge in [0.05, 0.1) is 0 Å². The van der Waals surface area contributed by atoms with E-state index in [9.17, 15) is 14.0 Å². The number of hydrogen-bond acceptors (Lipinski definition) is 3. The molecule has 1 unspecified atom stereocenters. The first-order valence-electron chi connectivity index (χ1n) is 11.2. The molecule has 0 aliphatic carbocycles. The van der Waals surface area contributed by atoms with Crippen molar-refractivity contribution in [2.75, 3.05) is 11.4 Å². The van der Waals surface area contributed by atoms with Gasteiger partial charge in [0, 0.05) is 30.2 Å². The molecule has 0 aliphatic heterocycles. The summed E-state index contributed by atoms with van der Waals surface area (Å²) in [7, 11) is 0. The number of nitrogens with one attached hydrogen (secondary N) is 1. The van der Waals surface area contributed by atoms with Crippen molar-refractivity contribution in [3.8, 4) is 0 Å². The van der Waals surface area contributed by atoms with E-state index >= 15 is 0 Å². The molecule has 2 aromatic carbocycles. The van der Waals surface area contributed by atoms with Gasteiger partial charge < -0.3 is 5.32 Å². The third-order valence-electron chi connectivity index (χ3n) is 5.53. The van der Waals surface area contributed by atoms with Crippen molar-refractivity contribution in [1.82, 2.24) is 10.3 Å². The molecule has 1 atom stereocenters. The van der Waals surface area contributed by atoms with E-state index in [1.54, 1.807) is 36.7 Å². The molecular weight excluding hydrogens is 429 g/mol. The summed E-state index contributed by atoms with van der Waals surface area (Å²) in [4.78, 5) is 32.0. The quantitative estimate of drug-likeness (QED) is 0.475. The predicted octanol–water partition coefficient (Wildman–Crippen LogP) is 5.14. The minimum Gasteiger partial charge on any atom is -0.354 e. The number of rotatable bonds is 8.